The first-order chi connectivity index (χ1) is 7.60. The molecule has 0 aliphatic rings. The summed E-state index contributed by atoms with van der Waals surface area (Å²) in [5, 5.41) is 0. The summed E-state index contributed by atoms with van der Waals surface area (Å²) in [5.41, 5.74) is 0.512. The van der Waals surface area contributed by atoms with Crippen LogP contribution in [0, 0.1) is 0 Å². The standard InChI is InChI=1S/C11H15NO3S.Na/c1-3-12(4-2)11(13)9-5-7-10(8-6-9)16(14)15;/h5-8H,3-4H2,1-2H3,(H,14,15);/q;+1/p-1. The zero-order chi connectivity index (χ0) is 12.1. The Labute approximate surface area is 126 Å². The van der Waals surface area contributed by atoms with E-state index in [1.165, 1.54) is 24.3 Å². The molecule has 0 bridgehead atoms. The van der Waals surface area contributed by atoms with Crippen LogP contribution in [0.25, 0.3) is 0 Å². The predicted octanol–water partition coefficient (Wildman–Crippen LogP) is -1.59. The molecule has 0 aromatic heterocycles. The molecule has 0 N–H and O–H groups in total. The predicted molar refractivity (Wildman–Crippen MR) is 60.9 cm³/mol. The smallest absolute Gasteiger partial charge is 0.768 e. The van der Waals surface area contributed by atoms with Crippen molar-refractivity contribution in [3.63, 3.8) is 0 Å². The van der Waals surface area contributed by atoms with Crippen LogP contribution >= 0.6 is 0 Å². The molecular weight excluding hydrogens is 249 g/mol. The van der Waals surface area contributed by atoms with Crippen molar-refractivity contribution in [3.8, 4) is 0 Å². The van der Waals surface area contributed by atoms with Gasteiger partial charge in [0.1, 0.15) is 0 Å². The van der Waals surface area contributed by atoms with E-state index in [1.807, 2.05) is 13.8 Å². The molecule has 0 radical (unpaired) electrons. The van der Waals surface area contributed by atoms with E-state index in [2.05, 4.69) is 0 Å². The van der Waals surface area contributed by atoms with Gasteiger partial charge in [-0.05, 0) is 49.2 Å². The molecule has 6 heteroatoms. The molecule has 1 unspecified atom stereocenters. The van der Waals surface area contributed by atoms with Crippen molar-refractivity contribution in [3.05, 3.63) is 29.8 Å². The molecule has 88 valence electrons. The molecule has 1 atom stereocenters. The minimum Gasteiger partial charge on any atom is -0.768 e. The molecule has 1 rings (SSSR count). The summed E-state index contributed by atoms with van der Waals surface area (Å²) in [5.74, 6) is -0.0757. The Hall–Kier alpha value is -0.200. The quantitative estimate of drug-likeness (QED) is 0.486. The zero-order valence-electron chi connectivity index (χ0n) is 10.3. The second kappa shape index (κ2) is 8.00. The summed E-state index contributed by atoms with van der Waals surface area (Å²) in [6, 6.07) is 5.93. The number of nitrogens with zero attached hydrogens (tertiary/aromatic N) is 1. The van der Waals surface area contributed by atoms with E-state index in [9.17, 15) is 13.6 Å². The van der Waals surface area contributed by atoms with Crippen molar-refractivity contribution in [2.75, 3.05) is 13.1 Å². The van der Waals surface area contributed by atoms with Crippen LogP contribution in [0.4, 0.5) is 0 Å². The first-order valence-electron chi connectivity index (χ1n) is 5.08. The van der Waals surface area contributed by atoms with Gasteiger partial charge in [-0.1, -0.05) is 0 Å². The summed E-state index contributed by atoms with van der Waals surface area (Å²) < 4.78 is 21.3. The molecule has 1 amide bonds. The van der Waals surface area contributed by atoms with Gasteiger partial charge in [-0.25, -0.2) is 0 Å². The number of amides is 1. The summed E-state index contributed by atoms with van der Waals surface area (Å²) in [6.45, 7) is 5.10. The molecular formula is C11H14NNaO3S. The van der Waals surface area contributed by atoms with E-state index < -0.39 is 11.1 Å². The van der Waals surface area contributed by atoms with Gasteiger partial charge in [-0.2, -0.15) is 0 Å². The van der Waals surface area contributed by atoms with E-state index in [-0.39, 0.29) is 40.4 Å². The Morgan fingerprint density at radius 1 is 1.24 bits per heavy atom. The van der Waals surface area contributed by atoms with Crippen LogP contribution < -0.4 is 29.6 Å². The summed E-state index contributed by atoms with van der Waals surface area (Å²) >= 11 is -2.24. The minimum atomic E-state index is -2.24. The van der Waals surface area contributed by atoms with Crippen LogP contribution in [-0.4, -0.2) is 32.7 Å². The van der Waals surface area contributed by atoms with E-state index in [0.29, 0.717) is 18.7 Å². The van der Waals surface area contributed by atoms with Crippen LogP contribution in [0.1, 0.15) is 24.2 Å². The van der Waals surface area contributed by atoms with Crippen molar-refractivity contribution in [2.45, 2.75) is 18.7 Å². The molecule has 0 saturated carbocycles. The number of hydrogen-bond donors (Lipinski definition) is 0. The molecule has 0 saturated heterocycles. The Bertz CT molecular complexity index is 390. The summed E-state index contributed by atoms with van der Waals surface area (Å²) in [6.07, 6.45) is 0. The van der Waals surface area contributed by atoms with Crippen molar-refractivity contribution in [1.82, 2.24) is 4.90 Å². The molecule has 17 heavy (non-hydrogen) atoms. The normalized spacial score (nSPS) is 11.5. The third-order valence-corrected chi connectivity index (χ3v) is 3.00. The summed E-state index contributed by atoms with van der Waals surface area (Å²) in [4.78, 5) is 13.7. The molecule has 0 fully saturated rings. The Balaban J connectivity index is 0.00000256. The number of rotatable bonds is 4. The Morgan fingerprint density at radius 3 is 2.06 bits per heavy atom. The van der Waals surface area contributed by atoms with Crippen molar-refractivity contribution < 1.29 is 43.1 Å². The Kier molecular flexibility index (Phi) is 7.91. The topological polar surface area (TPSA) is 60.4 Å². The molecule has 0 aliphatic heterocycles. The average molecular weight is 263 g/mol. The summed E-state index contributed by atoms with van der Waals surface area (Å²) in [7, 11) is 0. The van der Waals surface area contributed by atoms with Crippen LogP contribution in [0.15, 0.2) is 29.2 Å². The second-order valence-electron chi connectivity index (χ2n) is 3.24. The third-order valence-electron chi connectivity index (χ3n) is 2.34. The maximum atomic E-state index is 11.9. The SMILES string of the molecule is CCN(CC)C(=O)c1ccc(S(=O)[O-])cc1.[Na+]. The van der Waals surface area contributed by atoms with Crippen molar-refractivity contribution in [1.29, 1.82) is 0 Å². The fourth-order valence-corrected chi connectivity index (χ4v) is 1.76. The van der Waals surface area contributed by atoms with Crippen LogP contribution in [0.2, 0.25) is 0 Å². The van der Waals surface area contributed by atoms with Gasteiger partial charge in [-0.15, -0.1) is 0 Å². The average Bonchev–Trinajstić information content (AvgIpc) is 2.30. The molecule has 0 aliphatic carbocycles. The van der Waals surface area contributed by atoms with Crippen LogP contribution in [0.3, 0.4) is 0 Å². The van der Waals surface area contributed by atoms with Gasteiger partial charge in [0, 0.05) is 23.5 Å². The van der Waals surface area contributed by atoms with Gasteiger partial charge in [0.25, 0.3) is 5.91 Å². The largest absolute Gasteiger partial charge is 1.00 e. The number of hydrogen-bond acceptors (Lipinski definition) is 3. The first-order valence-corrected chi connectivity index (χ1v) is 6.16. The van der Waals surface area contributed by atoms with Crippen molar-refractivity contribution >= 4 is 17.0 Å². The van der Waals surface area contributed by atoms with E-state index in [0.717, 1.165) is 0 Å². The van der Waals surface area contributed by atoms with Gasteiger partial charge in [-0.3, -0.25) is 9.00 Å². The number of carbonyl (C=O) groups excluding carboxylic acids is 1. The maximum absolute atomic E-state index is 11.9. The monoisotopic (exact) mass is 263 g/mol. The van der Waals surface area contributed by atoms with E-state index >= 15 is 0 Å². The first kappa shape index (κ1) is 16.8. The van der Waals surface area contributed by atoms with E-state index in [4.69, 9.17) is 0 Å². The molecule has 0 spiro atoms. The molecule has 0 heterocycles. The zero-order valence-corrected chi connectivity index (χ0v) is 13.1. The third kappa shape index (κ3) is 4.52. The fraction of sp³-hybridized carbons (Fsp3) is 0.364. The van der Waals surface area contributed by atoms with Crippen LogP contribution in [0.5, 0.6) is 0 Å². The van der Waals surface area contributed by atoms with Gasteiger partial charge in [0.2, 0.25) is 0 Å². The molecule has 4 nitrogen and oxygen atoms in total. The van der Waals surface area contributed by atoms with Gasteiger partial charge >= 0.3 is 29.6 Å². The number of carbonyl (C=O) groups is 1. The molecule has 1 aromatic carbocycles. The van der Waals surface area contributed by atoms with E-state index in [1.54, 1.807) is 4.90 Å². The Morgan fingerprint density at radius 2 is 1.71 bits per heavy atom. The second-order valence-corrected chi connectivity index (χ2v) is 4.18. The van der Waals surface area contributed by atoms with Crippen LogP contribution in [-0.2, 0) is 11.1 Å². The van der Waals surface area contributed by atoms with Gasteiger partial charge < -0.3 is 9.45 Å². The molecule has 1 aromatic rings. The fourth-order valence-electron chi connectivity index (χ4n) is 1.40. The number of benzene rings is 1. The van der Waals surface area contributed by atoms with Gasteiger partial charge in [0.15, 0.2) is 0 Å². The van der Waals surface area contributed by atoms with Gasteiger partial charge in [0.05, 0.1) is 0 Å². The van der Waals surface area contributed by atoms with Crippen molar-refractivity contribution in [2.24, 2.45) is 0 Å². The maximum Gasteiger partial charge on any atom is 1.00 e. The minimum absolute atomic E-state index is 0.